The number of allylic oxidation sites excluding steroid dienone is 1. The molecule has 0 saturated carbocycles. The maximum absolute atomic E-state index is 11.2. The third-order valence-corrected chi connectivity index (χ3v) is 3.20. The van der Waals surface area contributed by atoms with Gasteiger partial charge in [-0.3, -0.25) is 4.79 Å². The first-order valence-electron chi connectivity index (χ1n) is 6.41. The van der Waals surface area contributed by atoms with E-state index < -0.39 is 11.4 Å². The molecule has 0 heterocycles. The van der Waals surface area contributed by atoms with Gasteiger partial charge in [0.05, 0.1) is 5.41 Å². The van der Waals surface area contributed by atoms with E-state index in [0.717, 1.165) is 38.5 Å². The number of hydrogen-bond donors (Lipinski definition) is 1. The Morgan fingerprint density at radius 3 is 2.38 bits per heavy atom. The lowest BCUT2D eigenvalue weighted by atomic mass is 9.80. The highest BCUT2D eigenvalue weighted by molar-refractivity contribution is 5.73. The number of rotatable bonds is 10. The minimum atomic E-state index is -0.638. The monoisotopic (exact) mass is 226 g/mol. The third kappa shape index (κ3) is 5.94. The van der Waals surface area contributed by atoms with E-state index in [2.05, 4.69) is 6.58 Å². The predicted octanol–water partition coefficient (Wildman–Crippen LogP) is 4.40. The van der Waals surface area contributed by atoms with Crippen LogP contribution in [0.4, 0.5) is 0 Å². The van der Waals surface area contributed by atoms with E-state index in [1.54, 1.807) is 0 Å². The molecule has 0 aliphatic heterocycles. The van der Waals surface area contributed by atoms with Gasteiger partial charge in [-0.15, -0.1) is 6.58 Å². The van der Waals surface area contributed by atoms with Gasteiger partial charge in [-0.05, 0) is 32.6 Å². The van der Waals surface area contributed by atoms with Gasteiger partial charge in [0, 0.05) is 0 Å². The highest BCUT2D eigenvalue weighted by atomic mass is 16.4. The van der Waals surface area contributed by atoms with Gasteiger partial charge in [-0.1, -0.05) is 38.7 Å². The lowest BCUT2D eigenvalue weighted by Gasteiger charge is -2.24. The fourth-order valence-electron chi connectivity index (χ4n) is 2.05. The van der Waals surface area contributed by atoms with Crippen molar-refractivity contribution in [1.29, 1.82) is 0 Å². The SMILES string of the molecule is C=CCCCCCCC(C)(CCC)C(=O)O. The average molecular weight is 226 g/mol. The summed E-state index contributed by atoms with van der Waals surface area (Å²) >= 11 is 0. The molecule has 1 atom stereocenters. The molecule has 0 amide bonds. The second kappa shape index (κ2) is 8.37. The molecular weight excluding hydrogens is 200 g/mol. The van der Waals surface area contributed by atoms with Crippen molar-refractivity contribution in [2.24, 2.45) is 5.41 Å². The first kappa shape index (κ1) is 15.2. The van der Waals surface area contributed by atoms with Crippen LogP contribution in [0.5, 0.6) is 0 Å². The average Bonchev–Trinajstić information content (AvgIpc) is 2.23. The van der Waals surface area contributed by atoms with Crippen LogP contribution in [0.25, 0.3) is 0 Å². The quantitative estimate of drug-likeness (QED) is 0.442. The second-order valence-electron chi connectivity index (χ2n) is 4.86. The highest BCUT2D eigenvalue weighted by Gasteiger charge is 2.30. The molecule has 0 bridgehead atoms. The molecule has 2 nitrogen and oxygen atoms in total. The molecule has 0 aliphatic rings. The van der Waals surface area contributed by atoms with Gasteiger partial charge in [-0.25, -0.2) is 0 Å². The number of carboxylic acids is 1. The van der Waals surface area contributed by atoms with Crippen LogP contribution in [0.15, 0.2) is 12.7 Å². The summed E-state index contributed by atoms with van der Waals surface area (Å²) in [5.74, 6) is -0.638. The Kier molecular flexibility index (Phi) is 7.96. The van der Waals surface area contributed by atoms with Crippen molar-refractivity contribution in [2.45, 2.75) is 65.2 Å². The van der Waals surface area contributed by atoms with Gasteiger partial charge in [-0.2, -0.15) is 0 Å². The lowest BCUT2D eigenvalue weighted by molar-refractivity contribution is -0.148. The summed E-state index contributed by atoms with van der Waals surface area (Å²) in [7, 11) is 0. The van der Waals surface area contributed by atoms with E-state index in [0.29, 0.717) is 0 Å². The maximum atomic E-state index is 11.2. The fraction of sp³-hybridized carbons (Fsp3) is 0.786. The Labute approximate surface area is 99.7 Å². The zero-order chi connectivity index (χ0) is 12.4. The third-order valence-electron chi connectivity index (χ3n) is 3.20. The van der Waals surface area contributed by atoms with Crippen molar-refractivity contribution >= 4 is 5.97 Å². The van der Waals surface area contributed by atoms with Crippen molar-refractivity contribution in [3.63, 3.8) is 0 Å². The predicted molar refractivity (Wildman–Crippen MR) is 68.5 cm³/mol. The molecule has 1 N–H and O–H groups in total. The van der Waals surface area contributed by atoms with Crippen molar-refractivity contribution < 1.29 is 9.90 Å². The van der Waals surface area contributed by atoms with Crippen LogP contribution in [-0.4, -0.2) is 11.1 Å². The molecular formula is C14H26O2. The maximum Gasteiger partial charge on any atom is 0.309 e. The standard InChI is InChI=1S/C14H26O2/c1-4-6-7-8-9-10-12-14(3,11-5-2)13(15)16/h4H,1,5-12H2,2-3H3,(H,15,16). The second-order valence-corrected chi connectivity index (χ2v) is 4.86. The van der Waals surface area contributed by atoms with Gasteiger partial charge in [0.25, 0.3) is 0 Å². The van der Waals surface area contributed by atoms with Crippen LogP contribution in [0.1, 0.15) is 65.2 Å². The smallest absolute Gasteiger partial charge is 0.309 e. The first-order valence-corrected chi connectivity index (χ1v) is 6.41. The molecule has 0 fully saturated rings. The topological polar surface area (TPSA) is 37.3 Å². The summed E-state index contributed by atoms with van der Waals surface area (Å²) in [5, 5.41) is 9.19. The first-order chi connectivity index (χ1) is 7.56. The summed E-state index contributed by atoms with van der Waals surface area (Å²) in [5.41, 5.74) is -0.507. The van der Waals surface area contributed by atoms with Crippen LogP contribution in [0, 0.1) is 5.41 Å². The van der Waals surface area contributed by atoms with E-state index in [4.69, 9.17) is 0 Å². The number of carboxylic acid groups (broad SMARTS) is 1. The van der Waals surface area contributed by atoms with Crippen LogP contribution in [0.2, 0.25) is 0 Å². The Hall–Kier alpha value is -0.790. The Bertz CT molecular complexity index is 211. The minimum absolute atomic E-state index is 0.507. The fourth-order valence-corrected chi connectivity index (χ4v) is 2.05. The van der Waals surface area contributed by atoms with E-state index in [-0.39, 0.29) is 0 Å². The molecule has 2 heteroatoms. The Morgan fingerprint density at radius 2 is 1.88 bits per heavy atom. The number of aliphatic carboxylic acids is 1. The van der Waals surface area contributed by atoms with E-state index in [1.165, 1.54) is 12.8 Å². The minimum Gasteiger partial charge on any atom is -0.481 e. The largest absolute Gasteiger partial charge is 0.481 e. The van der Waals surface area contributed by atoms with Crippen molar-refractivity contribution in [3.05, 3.63) is 12.7 Å². The van der Waals surface area contributed by atoms with Crippen molar-refractivity contribution in [3.8, 4) is 0 Å². The number of hydrogen-bond acceptors (Lipinski definition) is 1. The summed E-state index contributed by atoms with van der Waals surface area (Å²) in [4.78, 5) is 11.2. The summed E-state index contributed by atoms with van der Waals surface area (Å²) in [6.45, 7) is 7.61. The summed E-state index contributed by atoms with van der Waals surface area (Å²) in [6, 6.07) is 0. The lowest BCUT2D eigenvalue weighted by Crippen LogP contribution is -2.27. The van der Waals surface area contributed by atoms with Crippen molar-refractivity contribution in [1.82, 2.24) is 0 Å². The van der Waals surface area contributed by atoms with Gasteiger partial charge in [0.2, 0.25) is 0 Å². The van der Waals surface area contributed by atoms with Crippen LogP contribution in [0.3, 0.4) is 0 Å². The molecule has 16 heavy (non-hydrogen) atoms. The molecule has 0 radical (unpaired) electrons. The summed E-state index contributed by atoms with van der Waals surface area (Å²) in [6.07, 6.45) is 10.1. The van der Waals surface area contributed by atoms with Gasteiger partial charge < -0.3 is 5.11 Å². The summed E-state index contributed by atoms with van der Waals surface area (Å²) < 4.78 is 0. The molecule has 0 aromatic heterocycles. The molecule has 0 rings (SSSR count). The zero-order valence-corrected chi connectivity index (χ0v) is 10.8. The highest BCUT2D eigenvalue weighted by Crippen LogP contribution is 2.30. The molecule has 0 saturated heterocycles. The van der Waals surface area contributed by atoms with Crippen LogP contribution in [-0.2, 0) is 4.79 Å². The molecule has 0 aromatic rings. The van der Waals surface area contributed by atoms with Gasteiger partial charge >= 0.3 is 5.97 Å². The molecule has 1 unspecified atom stereocenters. The van der Waals surface area contributed by atoms with E-state index >= 15 is 0 Å². The van der Waals surface area contributed by atoms with E-state index in [1.807, 2.05) is 19.9 Å². The number of carbonyl (C=O) groups is 1. The van der Waals surface area contributed by atoms with E-state index in [9.17, 15) is 9.90 Å². The Balaban J connectivity index is 3.77. The molecule has 0 aromatic carbocycles. The Morgan fingerprint density at radius 1 is 1.25 bits per heavy atom. The van der Waals surface area contributed by atoms with Crippen LogP contribution < -0.4 is 0 Å². The molecule has 0 spiro atoms. The van der Waals surface area contributed by atoms with Gasteiger partial charge in [0.15, 0.2) is 0 Å². The van der Waals surface area contributed by atoms with Crippen molar-refractivity contribution in [2.75, 3.05) is 0 Å². The van der Waals surface area contributed by atoms with Crippen LogP contribution >= 0.6 is 0 Å². The molecule has 0 aliphatic carbocycles. The molecule has 94 valence electrons. The normalized spacial score (nSPS) is 14.4. The zero-order valence-electron chi connectivity index (χ0n) is 10.8. The van der Waals surface area contributed by atoms with Gasteiger partial charge in [0.1, 0.15) is 0 Å². The number of unbranched alkanes of at least 4 members (excludes halogenated alkanes) is 4.